The first-order valence-electron chi connectivity index (χ1n) is 9.32. The van der Waals surface area contributed by atoms with Gasteiger partial charge in [0.25, 0.3) is 5.91 Å². The van der Waals surface area contributed by atoms with Crippen LogP contribution in [0.1, 0.15) is 72.4 Å². The maximum Gasteiger partial charge on any atom is 0.267 e. The Kier molecular flexibility index (Phi) is 8.08. The number of unbranched alkanes of at least 4 members (excludes halogenated alkanes) is 1. The predicted molar refractivity (Wildman–Crippen MR) is 109 cm³/mol. The van der Waals surface area contributed by atoms with Crippen molar-refractivity contribution in [2.24, 2.45) is 4.99 Å². The topological polar surface area (TPSA) is 32.7 Å². The number of hydrogen-bond acceptors (Lipinski definition) is 2. The molecule has 1 rings (SSSR count). The Balaban J connectivity index is 2.87. The quantitative estimate of drug-likeness (QED) is 0.606. The summed E-state index contributed by atoms with van der Waals surface area (Å²) in [6.07, 6.45) is 3.92. The molecule has 0 spiro atoms. The summed E-state index contributed by atoms with van der Waals surface area (Å²) in [5.74, 6) is 0.0306. The van der Waals surface area contributed by atoms with E-state index in [1.807, 2.05) is 18.7 Å². The van der Waals surface area contributed by atoms with Crippen molar-refractivity contribution in [3.8, 4) is 0 Å². The zero-order valence-corrected chi connectivity index (χ0v) is 17.0. The van der Waals surface area contributed by atoms with Crippen LogP contribution in [-0.2, 0) is 10.2 Å². The fourth-order valence-corrected chi connectivity index (χ4v) is 2.54. The molecule has 138 valence electrons. The van der Waals surface area contributed by atoms with Crippen LogP contribution in [0.4, 0.5) is 0 Å². The van der Waals surface area contributed by atoms with E-state index in [-0.39, 0.29) is 11.3 Å². The van der Waals surface area contributed by atoms with Crippen LogP contribution in [0.25, 0.3) is 5.57 Å². The molecule has 0 aliphatic carbocycles. The SMILES string of the molecule is CCCCN(CC)C(=O)C(C)=N/C=C(\C)c1ccc(C(C)(C)C)cc1. The van der Waals surface area contributed by atoms with Gasteiger partial charge in [0.05, 0.1) is 0 Å². The van der Waals surface area contributed by atoms with Crippen molar-refractivity contribution in [3.63, 3.8) is 0 Å². The lowest BCUT2D eigenvalue weighted by Gasteiger charge is -2.20. The Bertz CT molecular complexity index is 618. The van der Waals surface area contributed by atoms with E-state index in [2.05, 4.69) is 57.0 Å². The molecule has 0 N–H and O–H groups in total. The second kappa shape index (κ2) is 9.55. The number of carbonyl (C=O) groups excluding carboxylic acids is 1. The van der Waals surface area contributed by atoms with Crippen LogP contribution >= 0.6 is 0 Å². The van der Waals surface area contributed by atoms with Gasteiger partial charge in [-0.15, -0.1) is 0 Å². The predicted octanol–water partition coefficient (Wildman–Crippen LogP) is 5.45. The monoisotopic (exact) mass is 342 g/mol. The average molecular weight is 343 g/mol. The minimum Gasteiger partial charge on any atom is -0.338 e. The third-order valence-electron chi connectivity index (χ3n) is 4.42. The largest absolute Gasteiger partial charge is 0.338 e. The molecule has 0 heterocycles. The van der Waals surface area contributed by atoms with Crippen molar-refractivity contribution in [2.75, 3.05) is 13.1 Å². The van der Waals surface area contributed by atoms with Gasteiger partial charge in [-0.25, -0.2) is 0 Å². The summed E-state index contributed by atoms with van der Waals surface area (Å²) in [7, 11) is 0. The Morgan fingerprint density at radius 1 is 1.12 bits per heavy atom. The van der Waals surface area contributed by atoms with E-state index < -0.39 is 0 Å². The fraction of sp³-hybridized carbons (Fsp3) is 0.545. The Hall–Kier alpha value is -1.90. The molecular formula is C22H34N2O. The van der Waals surface area contributed by atoms with Crippen LogP contribution in [0.15, 0.2) is 35.5 Å². The van der Waals surface area contributed by atoms with Crippen molar-refractivity contribution >= 4 is 17.2 Å². The molecule has 0 aromatic heterocycles. The van der Waals surface area contributed by atoms with Gasteiger partial charge in [-0.2, -0.15) is 0 Å². The normalized spacial score (nSPS) is 13.1. The number of allylic oxidation sites excluding steroid dienone is 1. The number of carbonyl (C=O) groups is 1. The highest BCUT2D eigenvalue weighted by Crippen LogP contribution is 2.24. The Labute approximate surface area is 153 Å². The molecule has 0 saturated carbocycles. The van der Waals surface area contributed by atoms with Crippen molar-refractivity contribution in [2.45, 2.75) is 66.7 Å². The smallest absolute Gasteiger partial charge is 0.267 e. The second-order valence-electron chi connectivity index (χ2n) is 7.59. The van der Waals surface area contributed by atoms with Gasteiger partial charge >= 0.3 is 0 Å². The lowest BCUT2D eigenvalue weighted by molar-refractivity contribution is -0.124. The standard InChI is InChI=1S/C22H34N2O/c1-8-10-15-24(9-2)21(25)18(4)23-16-17(3)19-11-13-20(14-12-19)22(5,6)7/h11-14,16H,8-10,15H2,1-7H3/b17-16+,23-18?. The summed E-state index contributed by atoms with van der Waals surface area (Å²) in [5.41, 5.74) is 4.20. The van der Waals surface area contributed by atoms with E-state index >= 15 is 0 Å². The van der Waals surface area contributed by atoms with Gasteiger partial charge < -0.3 is 4.90 Å². The molecule has 0 saturated heterocycles. The molecule has 0 radical (unpaired) electrons. The fourth-order valence-electron chi connectivity index (χ4n) is 2.54. The minimum absolute atomic E-state index is 0.0306. The minimum atomic E-state index is 0.0306. The van der Waals surface area contributed by atoms with Crippen molar-refractivity contribution in [3.05, 3.63) is 41.6 Å². The zero-order chi connectivity index (χ0) is 19.0. The molecule has 0 aliphatic heterocycles. The summed E-state index contributed by atoms with van der Waals surface area (Å²) in [4.78, 5) is 18.7. The average Bonchev–Trinajstić information content (AvgIpc) is 2.59. The first-order chi connectivity index (χ1) is 11.7. The number of aliphatic imine (C=N–C) groups is 1. The van der Waals surface area contributed by atoms with Gasteiger partial charge in [-0.3, -0.25) is 9.79 Å². The molecule has 3 nitrogen and oxygen atoms in total. The maximum atomic E-state index is 12.5. The van der Waals surface area contributed by atoms with Crippen LogP contribution in [0, 0.1) is 0 Å². The molecule has 25 heavy (non-hydrogen) atoms. The van der Waals surface area contributed by atoms with Crippen molar-refractivity contribution in [1.82, 2.24) is 4.90 Å². The van der Waals surface area contributed by atoms with E-state index in [1.165, 1.54) is 5.56 Å². The zero-order valence-electron chi connectivity index (χ0n) is 17.0. The molecule has 1 amide bonds. The number of amides is 1. The van der Waals surface area contributed by atoms with Gasteiger partial charge in [-0.1, -0.05) is 58.4 Å². The number of nitrogens with zero attached hydrogens (tertiary/aromatic N) is 2. The van der Waals surface area contributed by atoms with Gasteiger partial charge in [0.2, 0.25) is 0 Å². The van der Waals surface area contributed by atoms with Crippen molar-refractivity contribution in [1.29, 1.82) is 0 Å². The van der Waals surface area contributed by atoms with E-state index in [4.69, 9.17) is 0 Å². The van der Waals surface area contributed by atoms with E-state index in [0.717, 1.165) is 37.1 Å². The highest BCUT2D eigenvalue weighted by molar-refractivity contribution is 6.38. The lowest BCUT2D eigenvalue weighted by Crippen LogP contribution is -2.36. The molecule has 3 heteroatoms. The first kappa shape index (κ1) is 21.1. The number of benzene rings is 1. The molecule has 1 aromatic rings. The third-order valence-corrected chi connectivity index (χ3v) is 4.42. The van der Waals surface area contributed by atoms with Gasteiger partial charge in [0.15, 0.2) is 0 Å². The Morgan fingerprint density at radius 2 is 1.72 bits per heavy atom. The van der Waals surface area contributed by atoms with Crippen LogP contribution in [0.5, 0.6) is 0 Å². The van der Waals surface area contributed by atoms with Crippen LogP contribution in [0.3, 0.4) is 0 Å². The Morgan fingerprint density at radius 3 is 2.20 bits per heavy atom. The third kappa shape index (κ3) is 6.49. The van der Waals surface area contributed by atoms with Gasteiger partial charge in [0.1, 0.15) is 5.71 Å². The highest BCUT2D eigenvalue weighted by atomic mass is 16.2. The molecule has 0 bridgehead atoms. The van der Waals surface area contributed by atoms with Crippen molar-refractivity contribution < 1.29 is 4.79 Å². The van der Waals surface area contributed by atoms with Crippen LogP contribution in [0.2, 0.25) is 0 Å². The maximum absolute atomic E-state index is 12.5. The summed E-state index contributed by atoms with van der Waals surface area (Å²) < 4.78 is 0. The number of rotatable bonds is 7. The molecule has 0 atom stereocenters. The summed E-state index contributed by atoms with van der Waals surface area (Å²) in [6.45, 7) is 16.1. The molecule has 0 unspecified atom stereocenters. The van der Waals surface area contributed by atoms with Crippen LogP contribution < -0.4 is 0 Å². The molecular weight excluding hydrogens is 308 g/mol. The van der Waals surface area contributed by atoms with Crippen LogP contribution in [-0.4, -0.2) is 29.6 Å². The van der Waals surface area contributed by atoms with E-state index in [1.54, 1.807) is 13.1 Å². The summed E-state index contributed by atoms with van der Waals surface area (Å²) in [5, 5.41) is 0. The summed E-state index contributed by atoms with van der Waals surface area (Å²) >= 11 is 0. The lowest BCUT2D eigenvalue weighted by atomic mass is 9.86. The second-order valence-corrected chi connectivity index (χ2v) is 7.59. The van der Waals surface area contributed by atoms with E-state index in [9.17, 15) is 4.79 Å². The highest BCUT2D eigenvalue weighted by Gasteiger charge is 2.14. The van der Waals surface area contributed by atoms with Gasteiger partial charge in [-0.05, 0) is 49.3 Å². The first-order valence-corrected chi connectivity index (χ1v) is 9.32. The van der Waals surface area contributed by atoms with E-state index in [0.29, 0.717) is 5.71 Å². The number of hydrogen-bond donors (Lipinski definition) is 0. The molecule has 1 aromatic carbocycles. The molecule has 0 aliphatic rings. The van der Waals surface area contributed by atoms with Gasteiger partial charge in [0, 0.05) is 19.3 Å². The molecule has 0 fully saturated rings. The summed E-state index contributed by atoms with van der Waals surface area (Å²) in [6, 6.07) is 8.58.